The lowest BCUT2D eigenvalue weighted by Crippen LogP contribution is -2.41. The molecule has 0 unspecified atom stereocenters. The van der Waals surface area contributed by atoms with Crippen LogP contribution in [0, 0.1) is 18.8 Å². The van der Waals surface area contributed by atoms with Crippen molar-refractivity contribution in [3.63, 3.8) is 0 Å². The molecule has 2 saturated heterocycles. The van der Waals surface area contributed by atoms with E-state index in [1.807, 2.05) is 20.2 Å². The Morgan fingerprint density at radius 1 is 1.18 bits per heavy atom. The summed E-state index contributed by atoms with van der Waals surface area (Å²) in [6, 6.07) is 10.4. The molecule has 2 aromatic rings. The second kappa shape index (κ2) is 7.30. The zero-order valence-electron chi connectivity index (χ0n) is 16.9. The van der Waals surface area contributed by atoms with Crippen LogP contribution in [0.3, 0.4) is 0 Å². The number of hydrogen-bond donors (Lipinski definition) is 0. The van der Waals surface area contributed by atoms with Crippen molar-refractivity contribution in [3.8, 4) is 5.88 Å². The standard InChI is InChI=1S/C21H27N5O2/c1-14-7-5-6-8-16(14)20-17-12-25(18-9-19(28-4)23-13-22-18)10-15(17)11-26(20)21(27)24(2)3/h5-9,13,15,17,20H,10-12H2,1-4H3/t15-,17-,20+/m1/s1. The molecule has 0 aliphatic carbocycles. The lowest BCUT2D eigenvalue weighted by molar-refractivity contribution is 0.159. The molecule has 0 saturated carbocycles. The van der Waals surface area contributed by atoms with Crippen LogP contribution in [-0.4, -0.2) is 66.6 Å². The fourth-order valence-corrected chi connectivity index (χ4v) is 4.62. The van der Waals surface area contributed by atoms with Gasteiger partial charge in [-0.25, -0.2) is 14.8 Å². The van der Waals surface area contributed by atoms with Crippen LogP contribution in [0.25, 0.3) is 0 Å². The average Bonchev–Trinajstić information content (AvgIpc) is 3.26. The normalized spacial score (nSPS) is 23.6. The van der Waals surface area contributed by atoms with Crippen molar-refractivity contribution < 1.29 is 9.53 Å². The van der Waals surface area contributed by atoms with E-state index in [0.29, 0.717) is 17.7 Å². The van der Waals surface area contributed by atoms with Gasteiger partial charge in [0.2, 0.25) is 5.88 Å². The van der Waals surface area contributed by atoms with Gasteiger partial charge in [-0.05, 0) is 18.1 Å². The van der Waals surface area contributed by atoms with Gasteiger partial charge in [0.05, 0.1) is 13.2 Å². The molecule has 1 aromatic heterocycles. The fraction of sp³-hybridized carbons (Fsp3) is 0.476. The molecule has 7 nitrogen and oxygen atoms in total. The van der Waals surface area contributed by atoms with Gasteiger partial charge >= 0.3 is 6.03 Å². The molecule has 0 spiro atoms. The van der Waals surface area contributed by atoms with Crippen LogP contribution in [-0.2, 0) is 0 Å². The summed E-state index contributed by atoms with van der Waals surface area (Å²) in [6.45, 7) is 4.63. The van der Waals surface area contributed by atoms with Crippen LogP contribution < -0.4 is 9.64 Å². The highest BCUT2D eigenvalue weighted by atomic mass is 16.5. The number of amides is 2. The number of carbonyl (C=O) groups is 1. The van der Waals surface area contributed by atoms with Crippen LogP contribution in [0.1, 0.15) is 17.2 Å². The van der Waals surface area contributed by atoms with Gasteiger partial charge in [0, 0.05) is 51.6 Å². The van der Waals surface area contributed by atoms with Crippen LogP contribution in [0.15, 0.2) is 36.7 Å². The van der Waals surface area contributed by atoms with Crippen LogP contribution in [0.5, 0.6) is 5.88 Å². The van der Waals surface area contributed by atoms with E-state index >= 15 is 0 Å². The lowest BCUT2D eigenvalue weighted by atomic mass is 9.88. The lowest BCUT2D eigenvalue weighted by Gasteiger charge is -2.32. The van der Waals surface area contributed by atoms with Crippen molar-refractivity contribution in [1.82, 2.24) is 19.8 Å². The minimum absolute atomic E-state index is 0.0785. The number of aromatic nitrogens is 2. The van der Waals surface area contributed by atoms with Crippen LogP contribution in [0.2, 0.25) is 0 Å². The van der Waals surface area contributed by atoms with E-state index in [1.165, 1.54) is 11.1 Å². The third-order valence-electron chi connectivity index (χ3n) is 5.96. The molecule has 4 rings (SSSR count). The number of aryl methyl sites for hydroxylation is 1. The van der Waals surface area contributed by atoms with Gasteiger partial charge in [0.15, 0.2) is 0 Å². The molecule has 0 radical (unpaired) electrons. The average molecular weight is 381 g/mol. The largest absolute Gasteiger partial charge is 0.481 e. The number of benzene rings is 1. The summed E-state index contributed by atoms with van der Waals surface area (Å²) in [4.78, 5) is 27.5. The maximum absolute atomic E-state index is 12.9. The Morgan fingerprint density at radius 3 is 2.68 bits per heavy atom. The first-order valence-electron chi connectivity index (χ1n) is 9.64. The molecule has 2 aliphatic heterocycles. The van der Waals surface area contributed by atoms with Gasteiger partial charge in [-0.15, -0.1) is 0 Å². The molecule has 0 N–H and O–H groups in total. The van der Waals surface area contributed by atoms with Gasteiger partial charge in [0.1, 0.15) is 12.1 Å². The molecule has 3 atom stereocenters. The van der Waals surface area contributed by atoms with Crippen LogP contribution >= 0.6 is 0 Å². The predicted molar refractivity (Wildman–Crippen MR) is 107 cm³/mol. The summed E-state index contributed by atoms with van der Waals surface area (Å²) in [5.41, 5.74) is 2.47. The summed E-state index contributed by atoms with van der Waals surface area (Å²) in [6.07, 6.45) is 1.54. The maximum atomic E-state index is 12.9. The first-order chi connectivity index (χ1) is 13.5. The van der Waals surface area contributed by atoms with E-state index in [2.05, 4.69) is 51.0 Å². The third kappa shape index (κ3) is 3.15. The summed E-state index contributed by atoms with van der Waals surface area (Å²) in [7, 11) is 5.26. The number of ether oxygens (including phenoxy) is 1. The Balaban J connectivity index is 1.65. The number of carbonyl (C=O) groups excluding carboxylic acids is 1. The maximum Gasteiger partial charge on any atom is 0.320 e. The van der Waals surface area contributed by atoms with E-state index in [9.17, 15) is 4.79 Å². The SMILES string of the molecule is COc1cc(N2C[C@@H]3CN(C(=O)N(C)C)[C@@H](c4ccccc4C)[C@@H]3C2)ncn1. The highest BCUT2D eigenvalue weighted by Crippen LogP contribution is 2.46. The molecule has 28 heavy (non-hydrogen) atoms. The first kappa shape index (κ1) is 18.5. The smallest absolute Gasteiger partial charge is 0.320 e. The summed E-state index contributed by atoms with van der Waals surface area (Å²) < 4.78 is 5.25. The number of anilines is 1. The van der Waals surface area contributed by atoms with Crippen molar-refractivity contribution in [2.24, 2.45) is 11.8 Å². The third-order valence-corrected chi connectivity index (χ3v) is 5.96. The summed E-state index contributed by atoms with van der Waals surface area (Å²) in [5.74, 6) is 2.23. The second-order valence-electron chi connectivity index (χ2n) is 7.88. The molecule has 3 heterocycles. The molecule has 148 valence electrons. The molecule has 1 aromatic carbocycles. The number of nitrogens with zero attached hydrogens (tertiary/aromatic N) is 5. The number of rotatable bonds is 3. The van der Waals surface area contributed by atoms with Crippen molar-refractivity contribution in [2.75, 3.05) is 45.7 Å². The number of urea groups is 1. The number of fused-ring (bicyclic) bond motifs is 1. The first-order valence-corrected chi connectivity index (χ1v) is 9.64. The Morgan fingerprint density at radius 2 is 1.96 bits per heavy atom. The summed E-state index contributed by atoms with van der Waals surface area (Å²) in [5, 5.41) is 0. The minimum atomic E-state index is 0.0785. The summed E-state index contributed by atoms with van der Waals surface area (Å²) >= 11 is 0. The van der Waals surface area contributed by atoms with Gasteiger partial charge in [-0.2, -0.15) is 0 Å². The fourth-order valence-electron chi connectivity index (χ4n) is 4.62. The van der Waals surface area contributed by atoms with Crippen molar-refractivity contribution in [1.29, 1.82) is 0 Å². The monoisotopic (exact) mass is 381 g/mol. The molecule has 2 amide bonds. The highest BCUT2D eigenvalue weighted by Gasteiger charge is 2.50. The Kier molecular flexibility index (Phi) is 4.83. The molecule has 2 aliphatic rings. The number of hydrogen-bond acceptors (Lipinski definition) is 5. The van der Waals surface area contributed by atoms with E-state index in [-0.39, 0.29) is 12.1 Å². The molecular weight excluding hydrogens is 354 g/mol. The van der Waals surface area contributed by atoms with E-state index in [0.717, 1.165) is 25.5 Å². The van der Waals surface area contributed by atoms with E-state index in [1.54, 1.807) is 18.3 Å². The highest BCUT2D eigenvalue weighted by molar-refractivity contribution is 5.75. The second-order valence-corrected chi connectivity index (χ2v) is 7.88. The van der Waals surface area contributed by atoms with Crippen molar-refractivity contribution >= 4 is 11.8 Å². The molecule has 0 bridgehead atoms. The van der Waals surface area contributed by atoms with Crippen molar-refractivity contribution in [2.45, 2.75) is 13.0 Å². The Hall–Kier alpha value is -2.83. The quantitative estimate of drug-likeness (QED) is 0.818. The molecule has 2 fully saturated rings. The zero-order valence-corrected chi connectivity index (χ0v) is 16.9. The Labute approximate surface area is 165 Å². The predicted octanol–water partition coefficient (Wildman–Crippen LogP) is 2.58. The number of likely N-dealkylation sites (tertiary alicyclic amines) is 1. The van der Waals surface area contributed by atoms with Gasteiger partial charge in [0.25, 0.3) is 0 Å². The topological polar surface area (TPSA) is 61.8 Å². The van der Waals surface area contributed by atoms with Crippen molar-refractivity contribution in [3.05, 3.63) is 47.8 Å². The molecule has 7 heteroatoms. The van der Waals surface area contributed by atoms with E-state index in [4.69, 9.17) is 4.74 Å². The van der Waals surface area contributed by atoms with Crippen LogP contribution in [0.4, 0.5) is 10.6 Å². The van der Waals surface area contributed by atoms with Gasteiger partial charge in [-0.1, -0.05) is 24.3 Å². The van der Waals surface area contributed by atoms with Gasteiger partial charge in [-0.3, -0.25) is 0 Å². The van der Waals surface area contributed by atoms with E-state index < -0.39 is 0 Å². The zero-order chi connectivity index (χ0) is 19.8. The van der Waals surface area contributed by atoms with Gasteiger partial charge < -0.3 is 19.4 Å². The number of methoxy groups -OCH3 is 1. The Bertz CT molecular complexity index is 871. The minimum Gasteiger partial charge on any atom is -0.481 e. The molecular formula is C21H27N5O2.